The van der Waals surface area contributed by atoms with Gasteiger partial charge < -0.3 is 10.6 Å². The highest BCUT2D eigenvalue weighted by molar-refractivity contribution is 5.28. The van der Waals surface area contributed by atoms with E-state index >= 15 is 0 Å². The molecule has 0 aliphatic heterocycles. The van der Waals surface area contributed by atoms with Crippen LogP contribution in [0.1, 0.15) is 25.5 Å². The molecule has 1 saturated carbocycles. The maximum absolute atomic E-state index is 4.48. The molecule has 106 valence electrons. The number of hydrogen-bond donors (Lipinski definition) is 2. The van der Waals surface area contributed by atoms with Gasteiger partial charge in [0.1, 0.15) is 0 Å². The van der Waals surface area contributed by atoms with Crippen molar-refractivity contribution in [3.05, 3.63) is 42.2 Å². The van der Waals surface area contributed by atoms with Crippen LogP contribution < -0.4 is 10.6 Å². The van der Waals surface area contributed by atoms with Gasteiger partial charge >= 0.3 is 0 Å². The fourth-order valence-corrected chi connectivity index (χ4v) is 2.04. The summed E-state index contributed by atoms with van der Waals surface area (Å²) in [7, 11) is 0. The summed E-state index contributed by atoms with van der Waals surface area (Å²) in [6.45, 7) is 3.95. The summed E-state index contributed by atoms with van der Waals surface area (Å²) >= 11 is 0. The summed E-state index contributed by atoms with van der Waals surface area (Å²) in [4.78, 5) is 1.67. The Hall–Kier alpha value is -1.72. The minimum Gasteiger partial charge on any atom is -0.312 e. The molecule has 0 radical (unpaired) electrons. The van der Waals surface area contributed by atoms with Gasteiger partial charge in [0, 0.05) is 25.2 Å². The molecule has 1 heterocycles. The molecule has 0 amide bonds. The molecule has 5 heteroatoms. The summed E-state index contributed by atoms with van der Waals surface area (Å²) in [5, 5.41) is 15.8. The van der Waals surface area contributed by atoms with Gasteiger partial charge in [0.15, 0.2) is 0 Å². The zero-order valence-electron chi connectivity index (χ0n) is 11.8. The van der Waals surface area contributed by atoms with E-state index in [-0.39, 0.29) is 0 Å². The summed E-state index contributed by atoms with van der Waals surface area (Å²) < 4.78 is 0. The number of hydrogen-bond acceptors (Lipinski definition) is 4. The maximum Gasteiger partial charge on any atom is 0.0969 e. The topological polar surface area (TPSA) is 54.8 Å². The Morgan fingerprint density at radius 1 is 1.30 bits per heavy atom. The lowest BCUT2D eigenvalue weighted by molar-refractivity contribution is 0.495. The fraction of sp³-hybridized carbons (Fsp3) is 0.467. The first kappa shape index (κ1) is 13.3. The Morgan fingerprint density at radius 3 is 2.85 bits per heavy atom. The van der Waals surface area contributed by atoms with Crippen molar-refractivity contribution in [2.75, 3.05) is 6.54 Å². The van der Waals surface area contributed by atoms with E-state index in [4.69, 9.17) is 0 Å². The molecule has 2 aromatic rings. The molecular weight excluding hydrogens is 250 g/mol. The van der Waals surface area contributed by atoms with Gasteiger partial charge in [0.25, 0.3) is 0 Å². The first-order valence-corrected chi connectivity index (χ1v) is 7.24. The molecule has 0 bridgehead atoms. The quantitative estimate of drug-likeness (QED) is 0.801. The molecular formula is C15H21N5. The van der Waals surface area contributed by atoms with Crippen LogP contribution in [0.4, 0.5) is 0 Å². The van der Waals surface area contributed by atoms with Crippen molar-refractivity contribution in [1.82, 2.24) is 25.6 Å². The molecule has 5 nitrogen and oxygen atoms in total. The molecule has 3 rings (SSSR count). The monoisotopic (exact) mass is 271 g/mol. The van der Waals surface area contributed by atoms with Crippen LogP contribution in [0.15, 0.2) is 36.5 Å². The van der Waals surface area contributed by atoms with Crippen LogP contribution in [0.2, 0.25) is 0 Å². The molecule has 1 aliphatic carbocycles. The van der Waals surface area contributed by atoms with Crippen LogP contribution >= 0.6 is 0 Å². The van der Waals surface area contributed by atoms with Crippen LogP contribution in [0.25, 0.3) is 5.69 Å². The molecule has 1 unspecified atom stereocenters. The van der Waals surface area contributed by atoms with Crippen molar-refractivity contribution < 1.29 is 0 Å². The van der Waals surface area contributed by atoms with Crippen LogP contribution in [0.3, 0.4) is 0 Å². The molecule has 2 N–H and O–H groups in total. The third-order valence-electron chi connectivity index (χ3n) is 3.45. The first-order valence-electron chi connectivity index (χ1n) is 7.24. The third kappa shape index (κ3) is 3.65. The van der Waals surface area contributed by atoms with Gasteiger partial charge in [-0.05, 0) is 31.9 Å². The van der Waals surface area contributed by atoms with Crippen LogP contribution in [-0.4, -0.2) is 33.6 Å². The Bertz CT molecular complexity index is 532. The number of nitrogens with one attached hydrogen (secondary N) is 2. The van der Waals surface area contributed by atoms with E-state index in [2.05, 4.69) is 27.8 Å². The van der Waals surface area contributed by atoms with E-state index < -0.39 is 0 Å². The molecule has 0 saturated heterocycles. The zero-order chi connectivity index (χ0) is 13.8. The average Bonchev–Trinajstić information content (AvgIpc) is 3.20. The van der Waals surface area contributed by atoms with Gasteiger partial charge in [-0.2, -0.15) is 15.0 Å². The fourth-order valence-electron chi connectivity index (χ4n) is 2.04. The highest BCUT2D eigenvalue weighted by Gasteiger charge is 2.20. The number of benzene rings is 1. The van der Waals surface area contributed by atoms with Gasteiger partial charge in [-0.1, -0.05) is 18.2 Å². The second-order valence-electron chi connectivity index (χ2n) is 5.43. The minimum atomic E-state index is 0.442. The van der Waals surface area contributed by atoms with Gasteiger partial charge in [0.2, 0.25) is 0 Å². The average molecular weight is 271 g/mol. The zero-order valence-corrected chi connectivity index (χ0v) is 11.8. The van der Waals surface area contributed by atoms with E-state index in [0.29, 0.717) is 6.04 Å². The van der Waals surface area contributed by atoms with Gasteiger partial charge in [-0.3, -0.25) is 0 Å². The molecule has 1 fully saturated rings. The molecule has 0 spiro atoms. The summed E-state index contributed by atoms with van der Waals surface area (Å²) in [6.07, 6.45) is 4.48. The molecule has 20 heavy (non-hydrogen) atoms. The minimum absolute atomic E-state index is 0.442. The number of nitrogens with zero attached hydrogens (tertiary/aromatic N) is 3. The lowest BCUT2D eigenvalue weighted by atomic mass is 10.3. The number of para-hydroxylation sites is 1. The smallest absolute Gasteiger partial charge is 0.0969 e. The van der Waals surface area contributed by atoms with E-state index in [1.807, 2.05) is 36.5 Å². The lowest BCUT2D eigenvalue weighted by Crippen LogP contribution is -2.36. The van der Waals surface area contributed by atoms with Crippen LogP contribution in [-0.2, 0) is 6.54 Å². The van der Waals surface area contributed by atoms with E-state index in [1.165, 1.54) is 12.8 Å². The van der Waals surface area contributed by atoms with Crippen molar-refractivity contribution in [3.63, 3.8) is 0 Å². The molecule has 1 aliphatic rings. The standard InChI is InChI=1S/C15H21N5/c1-12(9-17-13-7-8-13)16-10-14-11-18-20(19-14)15-5-3-2-4-6-15/h2-6,11-13,16-17H,7-10H2,1H3. The van der Waals surface area contributed by atoms with Crippen LogP contribution in [0, 0.1) is 0 Å². The van der Waals surface area contributed by atoms with Crippen molar-refractivity contribution in [3.8, 4) is 5.69 Å². The number of aromatic nitrogens is 3. The second kappa shape index (κ2) is 6.15. The molecule has 1 atom stereocenters. The van der Waals surface area contributed by atoms with Crippen molar-refractivity contribution in [2.24, 2.45) is 0 Å². The number of rotatable bonds is 7. The van der Waals surface area contributed by atoms with E-state index in [1.54, 1.807) is 4.80 Å². The first-order chi connectivity index (χ1) is 9.81. The molecule has 1 aromatic carbocycles. The van der Waals surface area contributed by atoms with Gasteiger partial charge in [-0.25, -0.2) is 0 Å². The summed E-state index contributed by atoms with van der Waals surface area (Å²) in [5.74, 6) is 0. The normalized spacial score (nSPS) is 16.2. The van der Waals surface area contributed by atoms with E-state index in [9.17, 15) is 0 Å². The van der Waals surface area contributed by atoms with Crippen molar-refractivity contribution in [1.29, 1.82) is 0 Å². The maximum atomic E-state index is 4.48. The Kier molecular flexibility index (Phi) is 4.08. The van der Waals surface area contributed by atoms with Gasteiger partial charge in [0.05, 0.1) is 17.6 Å². The Morgan fingerprint density at radius 2 is 2.10 bits per heavy atom. The Labute approximate surface area is 119 Å². The SMILES string of the molecule is CC(CNC1CC1)NCc1cnn(-c2ccccc2)n1. The lowest BCUT2D eigenvalue weighted by Gasteiger charge is -2.13. The van der Waals surface area contributed by atoms with E-state index in [0.717, 1.165) is 30.5 Å². The van der Waals surface area contributed by atoms with Crippen molar-refractivity contribution >= 4 is 0 Å². The highest BCUT2D eigenvalue weighted by Crippen LogP contribution is 2.18. The summed E-state index contributed by atoms with van der Waals surface area (Å²) in [5.41, 5.74) is 1.95. The third-order valence-corrected chi connectivity index (χ3v) is 3.45. The second-order valence-corrected chi connectivity index (χ2v) is 5.43. The Balaban J connectivity index is 1.49. The highest BCUT2D eigenvalue weighted by atomic mass is 15.5. The largest absolute Gasteiger partial charge is 0.312 e. The predicted molar refractivity (Wildman–Crippen MR) is 78.7 cm³/mol. The van der Waals surface area contributed by atoms with Crippen LogP contribution in [0.5, 0.6) is 0 Å². The van der Waals surface area contributed by atoms with Crippen molar-refractivity contribution in [2.45, 2.75) is 38.4 Å². The summed E-state index contributed by atoms with van der Waals surface area (Å²) in [6, 6.07) is 11.2. The van der Waals surface area contributed by atoms with Gasteiger partial charge in [-0.15, -0.1) is 0 Å². The molecule has 1 aromatic heterocycles. The predicted octanol–water partition coefficient (Wildman–Crippen LogP) is 1.50.